The molecule has 1 nitrogen and oxygen atoms in total. The molecule has 13 heavy (non-hydrogen) atoms. The van der Waals surface area contributed by atoms with Gasteiger partial charge in [-0.25, -0.2) is 0 Å². The van der Waals surface area contributed by atoms with Crippen LogP contribution in [-0.2, 0) is 0 Å². The zero-order valence-corrected chi connectivity index (χ0v) is 8.38. The molecule has 1 atom stereocenters. The molecule has 0 saturated carbocycles. The van der Waals surface area contributed by atoms with Crippen LogP contribution in [-0.4, -0.2) is 0 Å². The van der Waals surface area contributed by atoms with Crippen molar-refractivity contribution in [3.05, 3.63) is 42.0 Å². The zero-order valence-electron chi connectivity index (χ0n) is 8.38. The molecule has 0 heterocycles. The van der Waals surface area contributed by atoms with Gasteiger partial charge in [-0.05, 0) is 30.0 Å². The predicted octanol–water partition coefficient (Wildman–Crippen LogP) is 3.13. The van der Waals surface area contributed by atoms with E-state index in [1.165, 1.54) is 16.7 Å². The van der Waals surface area contributed by atoms with Crippen molar-refractivity contribution in [3.8, 4) is 0 Å². The highest BCUT2D eigenvalue weighted by Crippen LogP contribution is 2.18. The molecule has 0 aliphatic carbocycles. The summed E-state index contributed by atoms with van der Waals surface area (Å²) in [6.45, 7) is 8.09. The van der Waals surface area contributed by atoms with E-state index in [9.17, 15) is 0 Å². The summed E-state index contributed by atoms with van der Waals surface area (Å²) in [6.07, 6.45) is 0.998. The Morgan fingerprint density at radius 3 is 2.31 bits per heavy atom. The van der Waals surface area contributed by atoms with E-state index in [4.69, 9.17) is 5.73 Å². The van der Waals surface area contributed by atoms with Gasteiger partial charge in [0.25, 0.3) is 0 Å². The third-order valence-corrected chi connectivity index (χ3v) is 2.27. The number of rotatable bonds is 3. The van der Waals surface area contributed by atoms with E-state index in [0.717, 1.165) is 6.42 Å². The maximum Gasteiger partial charge on any atom is 0.0266 e. The Labute approximate surface area is 80.3 Å². The number of hydrogen-bond donors (Lipinski definition) is 1. The fraction of sp³-hybridized carbons (Fsp3) is 0.333. The van der Waals surface area contributed by atoms with Crippen molar-refractivity contribution in [2.45, 2.75) is 26.3 Å². The first-order chi connectivity index (χ1) is 6.15. The molecule has 1 aromatic carbocycles. The summed E-state index contributed by atoms with van der Waals surface area (Å²) in [4.78, 5) is 0. The fourth-order valence-corrected chi connectivity index (χ4v) is 1.23. The molecular formula is C12H17N. The van der Waals surface area contributed by atoms with Crippen LogP contribution in [0.2, 0.25) is 0 Å². The topological polar surface area (TPSA) is 26.0 Å². The summed E-state index contributed by atoms with van der Waals surface area (Å²) in [5.74, 6) is 0. The lowest BCUT2D eigenvalue weighted by molar-refractivity contribution is 0.818. The van der Waals surface area contributed by atoms with Crippen LogP contribution in [0.15, 0.2) is 30.8 Å². The largest absolute Gasteiger partial charge is 0.324 e. The first kappa shape index (κ1) is 10.0. The smallest absolute Gasteiger partial charge is 0.0266 e. The van der Waals surface area contributed by atoms with Gasteiger partial charge >= 0.3 is 0 Å². The minimum absolute atomic E-state index is 0.115. The Morgan fingerprint density at radius 2 is 1.92 bits per heavy atom. The highest BCUT2D eigenvalue weighted by Gasteiger charge is 1.99. The second-order valence-corrected chi connectivity index (χ2v) is 3.37. The number of hydrogen-bond acceptors (Lipinski definition) is 1. The molecule has 0 radical (unpaired) electrons. The zero-order chi connectivity index (χ0) is 9.84. The molecule has 0 aliphatic rings. The van der Waals surface area contributed by atoms with Gasteiger partial charge in [0, 0.05) is 6.04 Å². The third-order valence-electron chi connectivity index (χ3n) is 2.27. The lowest BCUT2D eigenvalue weighted by Crippen LogP contribution is -2.04. The molecular weight excluding hydrogens is 158 g/mol. The van der Waals surface area contributed by atoms with Crippen molar-refractivity contribution in [1.29, 1.82) is 0 Å². The van der Waals surface area contributed by atoms with E-state index in [2.05, 4.69) is 37.8 Å². The van der Waals surface area contributed by atoms with Crippen molar-refractivity contribution >= 4 is 5.57 Å². The molecule has 0 aliphatic heterocycles. The average molecular weight is 175 g/mol. The first-order valence-corrected chi connectivity index (χ1v) is 4.68. The lowest BCUT2D eigenvalue weighted by Gasteiger charge is -2.07. The summed E-state index contributed by atoms with van der Waals surface area (Å²) in [6, 6.07) is 8.43. The Balaban J connectivity index is 2.87. The van der Waals surface area contributed by atoms with Crippen LogP contribution >= 0.6 is 0 Å². The summed E-state index contributed by atoms with van der Waals surface area (Å²) < 4.78 is 0. The average Bonchev–Trinajstić information content (AvgIpc) is 2.17. The number of nitrogens with two attached hydrogens (primary N) is 1. The van der Waals surface area contributed by atoms with Gasteiger partial charge in [0.1, 0.15) is 0 Å². The van der Waals surface area contributed by atoms with E-state index in [1.54, 1.807) is 0 Å². The van der Waals surface area contributed by atoms with Crippen molar-refractivity contribution in [2.75, 3.05) is 0 Å². The number of benzene rings is 1. The van der Waals surface area contributed by atoms with Gasteiger partial charge in [0.2, 0.25) is 0 Å². The van der Waals surface area contributed by atoms with Gasteiger partial charge in [-0.1, -0.05) is 37.8 Å². The summed E-state index contributed by atoms with van der Waals surface area (Å²) in [5.41, 5.74) is 9.32. The second kappa shape index (κ2) is 4.24. The minimum Gasteiger partial charge on any atom is -0.324 e. The Kier molecular flexibility index (Phi) is 3.26. The standard InChI is InChI=1S/C12H17N/c1-4-9(2)11-5-7-12(8-6-11)10(3)13/h5-8,10H,2,4,13H2,1,3H3. The van der Waals surface area contributed by atoms with Crippen molar-refractivity contribution in [3.63, 3.8) is 0 Å². The predicted molar refractivity (Wildman–Crippen MR) is 58.4 cm³/mol. The Hall–Kier alpha value is -1.08. The number of allylic oxidation sites excluding steroid dienone is 1. The van der Waals surface area contributed by atoms with Gasteiger partial charge in [0.05, 0.1) is 0 Å². The van der Waals surface area contributed by atoms with Crippen LogP contribution in [0.4, 0.5) is 0 Å². The van der Waals surface area contributed by atoms with Gasteiger partial charge in [-0.2, -0.15) is 0 Å². The molecule has 0 fully saturated rings. The molecule has 0 saturated heterocycles. The monoisotopic (exact) mass is 175 g/mol. The van der Waals surface area contributed by atoms with E-state index in [1.807, 2.05) is 6.92 Å². The van der Waals surface area contributed by atoms with Crippen molar-refractivity contribution in [2.24, 2.45) is 5.73 Å². The molecule has 0 bridgehead atoms. The van der Waals surface area contributed by atoms with Crippen LogP contribution in [0.5, 0.6) is 0 Å². The molecule has 0 amide bonds. The molecule has 70 valence electrons. The maximum atomic E-state index is 5.75. The van der Waals surface area contributed by atoms with Gasteiger partial charge < -0.3 is 5.73 Å². The summed E-state index contributed by atoms with van der Waals surface area (Å²) in [7, 11) is 0. The van der Waals surface area contributed by atoms with Gasteiger partial charge in [-0.15, -0.1) is 0 Å². The van der Waals surface area contributed by atoms with E-state index >= 15 is 0 Å². The van der Waals surface area contributed by atoms with Crippen LogP contribution in [0.25, 0.3) is 5.57 Å². The summed E-state index contributed by atoms with van der Waals surface area (Å²) in [5, 5.41) is 0. The molecule has 2 N–H and O–H groups in total. The highest BCUT2D eigenvalue weighted by molar-refractivity contribution is 5.63. The van der Waals surface area contributed by atoms with Crippen LogP contribution in [0, 0.1) is 0 Å². The second-order valence-electron chi connectivity index (χ2n) is 3.37. The van der Waals surface area contributed by atoms with E-state index in [-0.39, 0.29) is 6.04 Å². The molecule has 1 aromatic rings. The lowest BCUT2D eigenvalue weighted by atomic mass is 10.0. The third kappa shape index (κ3) is 2.43. The normalized spacial score (nSPS) is 12.5. The quantitative estimate of drug-likeness (QED) is 0.750. The SMILES string of the molecule is C=C(CC)c1ccc(C(C)N)cc1. The van der Waals surface area contributed by atoms with Gasteiger partial charge in [-0.3, -0.25) is 0 Å². The van der Waals surface area contributed by atoms with Crippen molar-refractivity contribution < 1.29 is 0 Å². The van der Waals surface area contributed by atoms with Crippen LogP contribution in [0.1, 0.15) is 37.4 Å². The van der Waals surface area contributed by atoms with Crippen LogP contribution < -0.4 is 5.73 Å². The molecule has 0 spiro atoms. The Morgan fingerprint density at radius 1 is 1.38 bits per heavy atom. The van der Waals surface area contributed by atoms with Crippen molar-refractivity contribution in [1.82, 2.24) is 0 Å². The van der Waals surface area contributed by atoms with Crippen LogP contribution in [0.3, 0.4) is 0 Å². The minimum atomic E-state index is 0.115. The highest BCUT2D eigenvalue weighted by atomic mass is 14.6. The maximum absolute atomic E-state index is 5.75. The molecule has 1 unspecified atom stereocenters. The fourth-order valence-electron chi connectivity index (χ4n) is 1.23. The van der Waals surface area contributed by atoms with E-state index in [0.29, 0.717) is 0 Å². The van der Waals surface area contributed by atoms with E-state index < -0.39 is 0 Å². The molecule has 1 rings (SSSR count). The summed E-state index contributed by atoms with van der Waals surface area (Å²) >= 11 is 0. The van der Waals surface area contributed by atoms with Gasteiger partial charge in [0.15, 0.2) is 0 Å². The Bertz CT molecular complexity index is 282. The molecule has 0 aromatic heterocycles. The molecule has 1 heteroatoms. The first-order valence-electron chi connectivity index (χ1n) is 4.68.